The molecule has 3 N–H and O–H groups in total. The first-order valence-electron chi connectivity index (χ1n) is 13.9. The van der Waals surface area contributed by atoms with Crippen molar-refractivity contribution >= 4 is 35.8 Å². The third-order valence-corrected chi connectivity index (χ3v) is 8.34. The van der Waals surface area contributed by atoms with Gasteiger partial charge in [0.25, 0.3) is 5.91 Å². The van der Waals surface area contributed by atoms with Gasteiger partial charge in [-0.15, -0.1) is 0 Å². The summed E-state index contributed by atoms with van der Waals surface area (Å²) in [6.07, 6.45) is 14.8. The van der Waals surface area contributed by atoms with Crippen molar-refractivity contribution in [2.45, 2.75) is 57.6 Å². The number of aliphatic carboxylic acids is 1. The molecule has 1 fully saturated rings. The van der Waals surface area contributed by atoms with E-state index in [9.17, 15) is 19.8 Å². The molecule has 0 saturated heterocycles. The van der Waals surface area contributed by atoms with E-state index in [-0.39, 0.29) is 5.92 Å². The Kier molecular flexibility index (Phi) is 10.6. The number of aliphatic hydroxyl groups excluding tert-OH is 1. The monoisotopic (exact) mass is 558 g/mol. The molecule has 40 heavy (non-hydrogen) atoms. The van der Waals surface area contributed by atoms with Gasteiger partial charge in [0.1, 0.15) is 6.04 Å². The van der Waals surface area contributed by atoms with E-state index >= 15 is 0 Å². The highest BCUT2D eigenvalue weighted by molar-refractivity contribution is 7.98. The van der Waals surface area contributed by atoms with Gasteiger partial charge in [0.05, 0.1) is 6.10 Å². The smallest absolute Gasteiger partial charge is 0.326 e. The molecule has 0 bridgehead atoms. The number of carbonyl (C=O) groups is 2. The fraction of sp³-hybridized carbons (Fsp3) is 0.364. The quantitative estimate of drug-likeness (QED) is 0.240. The van der Waals surface area contributed by atoms with Gasteiger partial charge < -0.3 is 15.5 Å². The topological polar surface area (TPSA) is 99.5 Å². The zero-order valence-corrected chi connectivity index (χ0v) is 24.0. The Balaban J connectivity index is 1.66. The maximum absolute atomic E-state index is 13.4. The van der Waals surface area contributed by atoms with Crippen LogP contribution in [-0.4, -0.2) is 45.1 Å². The minimum Gasteiger partial charge on any atom is -0.480 e. The number of benzene rings is 2. The van der Waals surface area contributed by atoms with Crippen LogP contribution in [0.25, 0.3) is 23.3 Å². The van der Waals surface area contributed by atoms with Crippen molar-refractivity contribution in [3.05, 3.63) is 88.7 Å². The molecule has 1 aliphatic carbocycles. The molecule has 7 heteroatoms. The first-order valence-corrected chi connectivity index (χ1v) is 15.3. The summed E-state index contributed by atoms with van der Waals surface area (Å²) in [5.41, 5.74) is 5.73. The van der Waals surface area contributed by atoms with E-state index in [0.29, 0.717) is 17.7 Å². The lowest BCUT2D eigenvalue weighted by Crippen LogP contribution is -2.41. The maximum Gasteiger partial charge on any atom is 0.326 e. The van der Waals surface area contributed by atoms with E-state index < -0.39 is 24.0 Å². The van der Waals surface area contributed by atoms with E-state index in [1.165, 1.54) is 6.42 Å². The minimum absolute atomic E-state index is 0.263. The molecule has 3 aromatic rings. The molecule has 2 atom stereocenters. The van der Waals surface area contributed by atoms with Gasteiger partial charge in [0, 0.05) is 18.0 Å². The molecule has 0 radical (unpaired) electrons. The molecule has 1 aromatic heterocycles. The Morgan fingerprint density at radius 2 is 1.85 bits per heavy atom. The van der Waals surface area contributed by atoms with Crippen molar-refractivity contribution in [2.24, 2.45) is 5.92 Å². The number of aromatic nitrogens is 1. The van der Waals surface area contributed by atoms with E-state index in [1.54, 1.807) is 30.2 Å². The van der Waals surface area contributed by atoms with Crippen LogP contribution >= 0.6 is 11.8 Å². The van der Waals surface area contributed by atoms with Gasteiger partial charge in [0.15, 0.2) is 0 Å². The molecular formula is C33H38N2O4S. The third kappa shape index (κ3) is 7.40. The SMILES string of the molecule is CSCCC(NC(=O)c1ccc(/C=C/c2cnccc2C(O)C2CCCCC2)cc1-c1ccccc1C)C(=O)O. The predicted molar refractivity (Wildman–Crippen MR) is 163 cm³/mol. The van der Waals surface area contributed by atoms with Crippen LogP contribution in [0.4, 0.5) is 0 Å². The summed E-state index contributed by atoms with van der Waals surface area (Å²) < 4.78 is 0. The van der Waals surface area contributed by atoms with Gasteiger partial charge in [-0.3, -0.25) is 9.78 Å². The first-order chi connectivity index (χ1) is 19.4. The fourth-order valence-corrected chi connectivity index (χ4v) is 5.88. The predicted octanol–water partition coefficient (Wildman–Crippen LogP) is 6.78. The number of carboxylic acids is 1. The molecule has 6 nitrogen and oxygen atoms in total. The van der Waals surface area contributed by atoms with Gasteiger partial charge in [-0.25, -0.2) is 4.79 Å². The Morgan fingerprint density at radius 3 is 2.58 bits per heavy atom. The standard InChI is InChI=1S/C33H38N2O4S/c1-22-8-6-7-11-26(22)29-20-23(13-15-28(29)32(37)35-30(33(38)39)17-19-40-2)12-14-25-21-34-18-16-27(25)31(36)24-9-4-3-5-10-24/h6-8,11-16,18,20-21,24,30-31,36H,3-5,9-10,17,19H2,1-2H3,(H,35,37)(H,38,39)/b14-12+. The highest BCUT2D eigenvalue weighted by Crippen LogP contribution is 2.36. The lowest BCUT2D eigenvalue weighted by atomic mass is 9.82. The molecule has 1 saturated carbocycles. The Labute approximate surface area is 240 Å². The lowest BCUT2D eigenvalue weighted by molar-refractivity contribution is -0.139. The van der Waals surface area contributed by atoms with Crippen LogP contribution in [-0.2, 0) is 4.79 Å². The lowest BCUT2D eigenvalue weighted by Gasteiger charge is -2.27. The largest absolute Gasteiger partial charge is 0.480 e. The normalized spacial score (nSPS) is 15.6. The number of hydrogen-bond donors (Lipinski definition) is 3. The summed E-state index contributed by atoms with van der Waals surface area (Å²) in [6, 6.07) is 14.4. The van der Waals surface area contributed by atoms with Crippen molar-refractivity contribution in [3.63, 3.8) is 0 Å². The molecule has 1 heterocycles. The molecule has 2 aromatic carbocycles. The van der Waals surface area contributed by atoms with Crippen LogP contribution in [0.2, 0.25) is 0 Å². The van der Waals surface area contributed by atoms with E-state index in [4.69, 9.17) is 0 Å². The number of aryl methyl sites for hydroxylation is 1. The highest BCUT2D eigenvalue weighted by atomic mass is 32.2. The number of carbonyl (C=O) groups excluding carboxylic acids is 1. The number of nitrogens with zero attached hydrogens (tertiary/aromatic N) is 1. The Morgan fingerprint density at radius 1 is 1.07 bits per heavy atom. The fourth-order valence-electron chi connectivity index (χ4n) is 5.41. The number of thioether (sulfide) groups is 1. The van der Waals surface area contributed by atoms with Crippen molar-refractivity contribution < 1.29 is 19.8 Å². The number of pyridine rings is 1. The van der Waals surface area contributed by atoms with Crippen LogP contribution < -0.4 is 5.32 Å². The van der Waals surface area contributed by atoms with Crippen LogP contribution in [0.1, 0.15) is 77.2 Å². The molecule has 0 aliphatic heterocycles. The second kappa shape index (κ2) is 14.3. The number of carboxylic acid groups (broad SMARTS) is 1. The van der Waals surface area contributed by atoms with Crippen molar-refractivity contribution in [1.82, 2.24) is 10.3 Å². The first kappa shape index (κ1) is 29.6. The summed E-state index contributed by atoms with van der Waals surface area (Å²) in [4.78, 5) is 29.4. The Hall–Kier alpha value is -3.42. The van der Waals surface area contributed by atoms with Gasteiger partial charge >= 0.3 is 5.97 Å². The number of nitrogens with one attached hydrogen (secondary N) is 1. The summed E-state index contributed by atoms with van der Waals surface area (Å²) >= 11 is 1.55. The van der Waals surface area contributed by atoms with E-state index in [2.05, 4.69) is 10.3 Å². The summed E-state index contributed by atoms with van der Waals surface area (Å²) in [7, 11) is 0. The number of aliphatic hydroxyl groups is 1. The Bertz CT molecular complexity index is 1350. The average Bonchev–Trinajstić information content (AvgIpc) is 2.98. The van der Waals surface area contributed by atoms with E-state index in [1.807, 2.05) is 67.8 Å². The van der Waals surface area contributed by atoms with Gasteiger partial charge in [-0.05, 0) is 95.7 Å². The molecule has 4 rings (SSSR count). The highest BCUT2D eigenvalue weighted by Gasteiger charge is 2.25. The van der Waals surface area contributed by atoms with Gasteiger partial charge in [-0.1, -0.05) is 61.7 Å². The number of rotatable bonds is 11. The average molecular weight is 559 g/mol. The molecule has 0 spiro atoms. The maximum atomic E-state index is 13.4. The van der Waals surface area contributed by atoms with Gasteiger partial charge in [0.2, 0.25) is 0 Å². The number of hydrogen-bond acceptors (Lipinski definition) is 5. The molecule has 210 valence electrons. The van der Waals surface area contributed by atoms with Crippen LogP contribution in [0.15, 0.2) is 60.9 Å². The second-order valence-corrected chi connectivity index (χ2v) is 11.4. The third-order valence-electron chi connectivity index (χ3n) is 7.70. The van der Waals surface area contributed by atoms with Crippen LogP contribution in [0.3, 0.4) is 0 Å². The molecule has 1 aliphatic rings. The summed E-state index contributed by atoms with van der Waals surface area (Å²) in [5, 5.41) is 23.5. The van der Waals surface area contributed by atoms with Crippen molar-refractivity contribution in [2.75, 3.05) is 12.0 Å². The summed E-state index contributed by atoms with van der Waals surface area (Å²) in [5.74, 6) is -0.550. The van der Waals surface area contributed by atoms with Crippen molar-refractivity contribution in [1.29, 1.82) is 0 Å². The summed E-state index contributed by atoms with van der Waals surface area (Å²) in [6.45, 7) is 1.99. The van der Waals surface area contributed by atoms with Gasteiger partial charge in [-0.2, -0.15) is 11.8 Å². The van der Waals surface area contributed by atoms with Crippen LogP contribution in [0, 0.1) is 12.8 Å². The molecule has 1 amide bonds. The zero-order chi connectivity index (χ0) is 28.5. The minimum atomic E-state index is -1.04. The zero-order valence-electron chi connectivity index (χ0n) is 23.2. The van der Waals surface area contributed by atoms with E-state index in [0.717, 1.165) is 59.1 Å². The van der Waals surface area contributed by atoms with Crippen molar-refractivity contribution in [3.8, 4) is 11.1 Å². The second-order valence-electron chi connectivity index (χ2n) is 10.4. The molecule has 2 unspecified atom stereocenters. The molecular weight excluding hydrogens is 520 g/mol. The number of amides is 1. The van der Waals surface area contributed by atoms with Crippen LogP contribution in [0.5, 0.6) is 0 Å².